The minimum absolute atomic E-state index is 0.371. The summed E-state index contributed by atoms with van der Waals surface area (Å²) in [5.74, 6) is -0.00806. The third-order valence-corrected chi connectivity index (χ3v) is 4.61. The molecular formula is C12H14N4O2S. The predicted molar refractivity (Wildman–Crippen MR) is 68.9 cm³/mol. The third kappa shape index (κ3) is 2.25. The van der Waals surface area contributed by atoms with Crippen LogP contribution in [0.5, 0.6) is 0 Å². The Bertz CT molecular complexity index is 574. The Morgan fingerprint density at radius 3 is 2.95 bits per heavy atom. The standard InChI is InChI=1S/C12H14N4O2S/c17-11(18)12(4-2-5-12)8-16-10(13-14-15-16)7-9-3-1-6-19-9/h1,3,6H,2,4-5,7-8H2,(H,17,18). The Balaban J connectivity index is 1.78. The van der Waals surface area contributed by atoms with Gasteiger partial charge in [-0.1, -0.05) is 12.5 Å². The maximum Gasteiger partial charge on any atom is 0.311 e. The lowest BCUT2D eigenvalue weighted by Crippen LogP contribution is -2.42. The summed E-state index contributed by atoms with van der Waals surface area (Å²) in [4.78, 5) is 12.6. The summed E-state index contributed by atoms with van der Waals surface area (Å²) in [6.07, 6.45) is 3.04. The van der Waals surface area contributed by atoms with Crippen molar-refractivity contribution in [3.8, 4) is 0 Å². The van der Waals surface area contributed by atoms with Crippen molar-refractivity contribution in [2.24, 2.45) is 5.41 Å². The van der Waals surface area contributed by atoms with Gasteiger partial charge in [0.1, 0.15) is 0 Å². The molecule has 2 aromatic rings. The first-order chi connectivity index (χ1) is 9.20. The van der Waals surface area contributed by atoms with Gasteiger partial charge in [0.25, 0.3) is 0 Å². The van der Waals surface area contributed by atoms with Gasteiger partial charge < -0.3 is 5.11 Å². The van der Waals surface area contributed by atoms with Crippen LogP contribution in [0.3, 0.4) is 0 Å². The van der Waals surface area contributed by atoms with Crippen molar-refractivity contribution in [3.63, 3.8) is 0 Å². The van der Waals surface area contributed by atoms with Crippen LogP contribution in [-0.4, -0.2) is 31.3 Å². The number of carboxylic acid groups (broad SMARTS) is 1. The first kappa shape index (κ1) is 12.3. The quantitative estimate of drug-likeness (QED) is 0.898. The van der Waals surface area contributed by atoms with Crippen LogP contribution < -0.4 is 0 Å². The van der Waals surface area contributed by atoms with E-state index in [0.29, 0.717) is 25.8 Å². The van der Waals surface area contributed by atoms with Gasteiger partial charge in [-0.25, -0.2) is 4.68 Å². The molecule has 2 heterocycles. The first-order valence-electron chi connectivity index (χ1n) is 6.20. The third-order valence-electron chi connectivity index (χ3n) is 3.74. The molecule has 0 aromatic carbocycles. The molecular weight excluding hydrogens is 264 g/mol. The molecule has 1 N–H and O–H groups in total. The molecule has 0 spiro atoms. The minimum Gasteiger partial charge on any atom is -0.481 e. The van der Waals surface area contributed by atoms with E-state index in [9.17, 15) is 9.90 Å². The van der Waals surface area contributed by atoms with Crippen molar-refractivity contribution < 1.29 is 9.90 Å². The van der Waals surface area contributed by atoms with Crippen molar-refractivity contribution in [3.05, 3.63) is 28.2 Å². The fraction of sp³-hybridized carbons (Fsp3) is 0.500. The van der Waals surface area contributed by atoms with Gasteiger partial charge in [0.15, 0.2) is 5.82 Å². The molecule has 19 heavy (non-hydrogen) atoms. The molecule has 2 aromatic heterocycles. The number of nitrogens with zero attached hydrogens (tertiary/aromatic N) is 4. The van der Waals surface area contributed by atoms with E-state index in [2.05, 4.69) is 15.5 Å². The lowest BCUT2D eigenvalue weighted by molar-refractivity contribution is -0.156. The molecule has 0 atom stereocenters. The Morgan fingerprint density at radius 1 is 1.53 bits per heavy atom. The van der Waals surface area contributed by atoms with E-state index in [0.717, 1.165) is 12.2 Å². The van der Waals surface area contributed by atoms with Crippen LogP contribution in [0.2, 0.25) is 0 Å². The highest BCUT2D eigenvalue weighted by atomic mass is 32.1. The topological polar surface area (TPSA) is 80.9 Å². The zero-order valence-electron chi connectivity index (χ0n) is 10.3. The van der Waals surface area contributed by atoms with Gasteiger partial charge >= 0.3 is 5.97 Å². The molecule has 1 saturated carbocycles. The molecule has 1 aliphatic carbocycles. The average molecular weight is 278 g/mol. The molecule has 0 aliphatic heterocycles. The summed E-state index contributed by atoms with van der Waals surface area (Å²) in [5.41, 5.74) is -0.667. The van der Waals surface area contributed by atoms with Crippen molar-refractivity contribution in [1.29, 1.82) is 0 Å². The van der Waals surface area contributed by atoms with Gasteiger partial charge in [-0.05, 0) is 34.7 Å². The van der Waals surface area contributed by atoms with Crippen LogP contribution in [0.15, 0.2) is 17.5 Å². The summed E-state index contributed by atoms with van der Waals surface area (Å²) in [6.45, 7) is 0.371. The van der Waals surface area contributed by atoms with E-state index < -0.39 is 11.4 Å². The number of rotatable bonds is 5. The number of hydrogen-bond acceptors (Lipinski definition) is 5. The molecule has 0 amide bonds. The lowest BCUT2D eigenvalue weighted by Gasteiger charge is -2.37. The minimum atomic E-state index is -0.740. The molecule has 1 aliphatic rings. The highest BCUT2D eigenvalue weighted by Crippen LogP contribution is 2.42. The number of aliphatic carboxylic acids is 1. The molecule has 6 nitrogen and oxygen atoms in total. The van der Waals surface area contributed by atoms with Crippen molar-refractivity contribution in [2.45, 2.75) is 32.2 Å². The van der Waals surface area contributed by atoms with Crippen molar-refractivity contribution in [2.75, 3.05) is 0 Å². The van der Waals surface area contributed by atoms with Gasteiger partial charge in [-0.15, -0.1) is 16.4 Å². The van der Waals surface area contributed by atoms with Crippen molar-refractivity contribution >= 4 is 17.3 Å². The monoisotopic (exact) mass is 278 g/mol. The van der Waals surface area contributed by atoms with Crippen LogP contribution in [0.25, 0.3) is 0 Å². The molecule has 100 valence electrons. The number of aromatic nitrogens is 4. The second kappa shape index (κ2) is 4.73. The SMILES string of the molecule is O=C(O)C1(Cn2nnnc2Cc2cccs2)CCC1. The second-order valence-corrected chi connectivity index (χ2v) is 5.98. The molecule has 0 radical (unpaired) electrons. The molecule has 0 saturated heterocycles. The van der Waals surface area contributed by atoms with Crippen LogP contribution in [0, 0.1) is 5.41 Å². The molecule has 1 fully saturated rings. The van der Waals surface area contributed by atoms with E-state index in [1.165, 1.54) is 4.88 Å². The summed E-state index contributed by atoms with van der Waals surface area (Å²) < 4.78 is 1.65. The molecule has 0 unspecified atom stereocenters. The van der Waals surface area contributed by atoms with Gasteiger partial charge in [0.05, 0.1) is 12.0 Å². The van der Waals surface area contributed by atoms with Gasteiger partial charge in [0.2, 0.25) is 0 Å². The van der Waals surface area contributed by atoms with Gasteiger partial charge in [-0.3, -0.25) is 4.79 Å². The smallest absolute Gasteiger partial charge is 0.311 e. The van der Waals surface area contributed by atoms with Crippen LogP contribution >= 0.6 is 11.3 Å². The van der Waals surface area contributed by atoms with Gasteiger partial charge in [0, 0.05) is 11.3 Å². The van der Waals surface area contributed by atoms with Gasteiger partial charge in [-0.2, -0.15) is 0 Å². The zero-order chi connectivity index (χ0) is 13.3. The Kier molecular flexibility index (Phi) is 3.06. The number of thiophene rings is 1. The fourth-order valence-electron chi connectivity index (χ4n) is 2.37. The number of tetrazole rings is 1. The average Bonchev–Trinajstić information content (AvgIpc) is 2.96. The number of carboxylic acids is 1. The maximum absolute atomic E-state index is 11.4. The van der Waals surface area contributed by atoms with Crippen LogP contribution in [0.4, 0.5) is 0 Å². The summed E-state index contributed by atoms with van der Waals surface area (Å²) in [6, 6.07) is 4.01. The second-order valence-electron chi connectivity index (χ2n) is 4.95. The number of hydrogen-bond donors (Lipinski definition) is 1. The molecule has 0 bridgehead atoms. The van der Waals surface area contributed by atoms with E-state index >= 15 is 0 Å². The highest BCUT2D eigenvalue weighted by molar-refractivity contribution is 7.09. The number of carbonyl (C=O) groups is 1. The summed E-state index contributed by atoms with van der Waals surface area (Å²) in [5, 5.41) is 23.0. The van der Waals surface area contributed by atoms with Crippen molar-refractivity contribution in [1.82, 2.24) is 20.2 Å². The normalized spacial score (nSPS) is 17.1. The van der Waals surface area contributed by atoms with Crippen LogP contribution in [0.1, 0.15) is 30.0 Å². The lowest BCUT2D eigenvalue weighted by atomic mass is 9.69. The largest absolute Gasteiger partial charge is 0.481 e. The Morgan fingerprint density at radius 2 is 2.37 bits per heavy atom. The fourth-order valence-corrected chi connectivity index (χ4v) is 3.07. The van der Waals surface area contributed by atoms with E-state index in [1.807, 2.05) is 17.5 Å². The van der Waals surface area contributed by atoms with Crippen LogP contribution in [-0.2, 0) is 17.8 Å². The predicted octanol–water partition coefficient (Wildman–Crippen LogP) is 1.58. The van der Waals surface area contributed by atoms with E-state index in [-0.39, 0.29) is 0 Å². The van der Waals surface area contributed by atoms with E-state index in [1.54, 1.807) is 16.0 Å². The van der Waals surface area contributed by atoms with E-state index in [4.69, 9.17) is 0 Å². The first-order valence-corrected chi connectivity index (χ1v) is 7.08. The maximum atomic E-state index is 11.4. The Hall–Kier alpha value is -1.76. The highest BCUT2D eigenvalue weighted by Gasteiger charge is 2.45. The summed E-state index contributed by atoms with van der Waals surface area (Å²) in [7, 11) is 0. The zero-order valence-corrected chi connectivity index (χ0v) is 11.1. The Labute approximate surface area is 114 Å². The molecule has 3 rings (SSSR count). The summed E-state index contributed by atoms with van der Waals surface area (Å²) >= 11 is 1.65. The molecule has 7 heteroatoms.